The minimum atomic E-state index is 0.210. The number of nitrogens with one attached hydrogen (secondary N) is 1. The van der Waals surface area contributed by atoms with E-state index < -0.39 is 0 Å². The summed E-state index contributed by atoms with van der Waals surface area (Å²) in [6.07, 6.45) is 5.59. The van der Waals surface area contributed by atoms with Crippen molar-refractivity contribution >= 4 is 28.5 Å². The molecule has 0 radical (unpaired) electrons. The molecule has 0 aliphatic carbocycles. The fourth-order valence-corrected chi connectivity index (χ4v) is 2.00. The molecule has 0 aromatic carbocycles. The molecule has 1 N–H and O–H groups in total. The molecular weight excluding hydrogens is 325 g/mol. The van der Waals surface area contributed by atoms with Crippen molar-refractivity contribution in [3.63, 3.8) is 0 Å². The summed E-state index contributed by atoms with van der Waals surface area (Å²) in [5.74, 6) is 0.642. The molecule has 0 aromatic heterocycles. The SMILES string of the molecule is CC(CC(=O)NCCCCCCI)C(C)(C)C. The van der Waals surface area contributed by atoms with E-state index in [9.17, 15) is 4.79 Å². The van der Waals surface area contributed by atoms with Crippen molar-refractivity contribution in [3.8, 4) is 0 Å². The van der Waals surface area contributed by atoms with Gasteiger partial charge in [0.2, 0.25) is 5.91 Å². The number of alkyl halides is 1. The molecule has 1 amide bonds. The van der Waals surface area contributed by atoms with Crippen LogP contribution in [-0.2, 0) is 4.79 Å². The van der Waals surface area contributed by atoms with Gasteiger partial charge in [-0.3, -0.25) is 4.79 Å². The molecule has 0 heterocycles. The van der Waals surface area contributed by atoms with E-state index in [-0.39, 0.29) is 11.3 Å². The molecule has 0 spiro atoms. The van der Waals surface area contributed by atoms with E-state index >= 15 is 0 Å². The first-order valence-electron chi connectivity index (χ1n) is 6.70. The van der Waals surface area contributed by atoms with E-state index in [1.54, 1.807) is 0 Å². The van der Waals surface area contributed by atoms with Gasteiger partial charge in [0.05, 0.1) is 0 Å². The maximum absolute atomic E-state index is 11.7. The molecule has 2 nitrogen and oxygen atoms in total. The van der Waals surface area contributed by atoms with E-state index in [0.29, 0.717) is 12.3 Å². The summed E-state index contributed by atoms with van der Waals surface area (Å²) in [7, 11) is 0. The maximum Gasteiger partial charge on any atom is 0.220 e. The Morgan fingerprint density at radius 3 is 2.29 bits per heavy atom. The molecule has 0 aliphatic heterocycles. The van der Waals surface area contributed by atoms with E-state index in [0.717, 1.165) is 13.0 Å². The lowest BCUT2D eigenvalue weighted by atomic mass is 9.80. The van der Waals surface area contributed by atoms with Gasteiger partial charge in [0.1, 0.15) is 0 Å². The van der Waals surface area contributed by atoms with E-state index in [1.165, 1.54) is 23.7 Å². The normalized spacial score (nSPS) is 13.5. The minimum absolute atomic E-state index is 0.210. The van der Waals surface area contributed by atoms with Crippen molar-refractivity contribution in [2.24, 2.45) is 11.3 Å². The molecule has 102 valence electrons. The zero-order chi connectivity index (χ0) is 13.3. The summed E-state index contributed by atoms with van der Waals surface area (Å²) in [4.78, 5) is 11.7. The lowest BCUT2D eigenvalue weighted by Gasteiger charge is -2.26. The fourth-order valence-electron chi connectivity index (χ4n) is 1.46. The summed E-state index contributed by atoms with van der Waals surface area (Å²) in [6, 6.07) is 0. The van der Waals surface area contributed by atoms with Gasteiger partial charge in [0.15, 0.2) is 0 Å². The smallest absolute Gasteiger partial charge is 0.220 e. The van der Waals surface area contributed by atoms with Crippen molar-refractivity contribution in [3.05, 3.63) is 0 Å². The molecule has 0 saturated carbocycles. The molecule has 0 rings (SSSR count). The maximum atomic E-state index is 11.7. The van der Waals surface area contributed by atoms with Gasteiger partial charge in [0, 0.05) is 13.0 Å². The molecule has 0 bridgehead atoms. The Bertz CT molecular complexity index is 211. The Morgan fingerprint density at radius 2 is 1.76 bits per heavy atom. The largest absolute Gasteiger partial charge is 0.356 e. The lowest BCUT2D eigenvalue weighted by Crippen LogP contribution is -2.29. The first-order chi connectivity index (χ1) is 7.88. The molecule has 0 saturated heterocycles. The highest BCUT2D eigenvalue weighted by atomic mass is 127. The summed E-state index contributed by atoms with van der Waals surface area (Å²) in [5, 5.41) is 3.02. The standard InChI is InChI=1S/C14H28INO/c1-12(14(2,3)4)11-13(17)16-10-8-6-5-7-9-15/h12H,5-11H2,1-4H3,(H,16,17). The topological polar surface area (TPSA) is 29.1 Å². The second-order valence-electron chi connectivity index (χ2n) is 5.92. The minimum Gasteiger partial charge on any atom is -0.356 e. The summed E-state index contributed by atoms with van der Waals surface area (Å²) < 4.78 is 1.24. The number of hydrogen-bond acceptors (Lipinski definition) is 1. The molecule has 0 fully saturated rings. The second kappa shape index (κ2) is 9.17. The van der Waals surface area contributed by atoms with Crippen LogP contribution in [0.2, 0.25) is 0 Å². The van der Waals surface area contributed by atoms with Crippen LogP contribution in [0.5, 0.6) is 0 Å². The number of carbonyl (C=O) groups is 1. The predicted octanol–water partition coefficient (Wildman–Crippen LogP) is 4.17. The summed E-state index contributed by atoms with van der Waals surface area (Å²) in [5.41, 5.74) is 0.220. The fraction of sp³-hybridized carbons (Fsp3) is 0.929. The van der Waals surface area contributed by atoms with Crippen molar-refractivity contribution in [2.75, 3.05) is 11.0 Å². The number of carbonyl (C=O) groups excluding carboxylic acids is 1. The molecule has 1 atom stereocenters. The highest BCUT2D eigenvalue weighted by Gasteiger charge is 2.22. The number of amides is 1. The number of unbranched alkanes of at least 4 members (excludes halogenated alkanes) is 3. The highest BCUT2D eigenvalue weighted by Crippen LogP contribution is 2.27. The first-order valence-corrected chi connectivity index (χ1v) is 8.23. The molecule has 0 aliphatic rings. The quantitative estimate of drug-likeness (QED) is 0.396. The van der Waals surface area contributed by atoms with Crippen LogP contribution in [0.3, 0.4) is 0 Å². The van der Waals surface area contributed by atoms with Crippen LogP contribution in [0.4, 0.5) is 0 Å². The molecule has 3 heteroatoms. The second-order valence-corrected chi connectivity index (χ2v) is 7.00. The Morgan fingerprint density at radius 1 is 1.18 bits per heavy atom. The van der Waals surface area contributed by atoms with E-state index in [4.69, 9.17) is 0 Å². The van der Waals surface area contributed by atoms with Crippen molar-refractivity contribution in [2.45, 2.75) is 59.8 Å². The van der Waals surface area contributed by atoms with Gasteiger partial charge in [-0.2, -0.15) is 0 Å². The van der Waals surface area contributed by atoms with Crippen LogP contribution in [0, 0.1) is 11.3 Å². The number of halogens is 1. The van der Waals surface area contributed by atoms with Gasteiger partial charge in [-0.05, 0) is 28.6 Å². The van der Waals surface area contributed by atoms with Gasteiger partial charge in [0.25, 0.3) is 0 Å². The predicted molar refractivity (Wildman–Crippen MR) is 83.6 cm³/mol. The van der Waals surface area contributed by atoms with Crippen molar-refractivity contribution < 1.29 is 4.79 Å². The van der Waals surface area contributed by atoms with Crippen LogP contribution in [-0.4, -0.2) is 16.9 Å². The van der Waals surface area contributed by atoms with E-state index in [2.05, 4.69) is 55.6 Å². The van der Waals surface area contributed by atoms with Gasteiger partial charge >= 0.3 is 0 Å². The third-order valence-corrected chi connectivity index (χ3v) is 4.12. The van der Waals surface area contributed by atoms with Gasteiger partial charge in [-0.15, -0.1) is 0 Å². The molecular formula is C14H28INO. The third kappa shape index (κ3) is 9.86. The summed E-state index contributed by atoms with van der Waals surface area (Å²) in [6.45, 7) is 9.57. The van der Waals surface area contributed by atoms with Gasteiger partial charge < -0.3 is 5.32 Å². The van der Waals surface area contributed by atoms with E-state index in [1.807, 2.05) is 0 Å². The molecule has 17 heavy (non-hydrogen) atoms. The van der Waals surface area contributed by atoms with Crippen molar-refractivity contribution in [1.82, 2.24) is 5.32 Å². The average Bonchev–Trinajstić information content (AvgIpc) is 2.21. The third-order valence-electron chi connectivity index (χ3n) is 3.35. The van der Waals surface area contributed by atoms with Crippen LogP contribution in [0.1, 0.15) is 59.8 Å². The van der Waals surface area contributed by atoms with Crippen LogP contribution in [0.15, 0.2) is 0 Å². The van der Waals surface area contributed by atoms with Crippen molar-refractivity contribution in [1.29, 1.82) is 0 Å². The van der Waals surface area contributed by atoms with Gasteiger partial charge in [-0.25, -0.2) is 0 Å². The van der Waals surface area contributed by atoms with Crippen LogP contribution >= 0.6 is 22.6 Å². The monoisotopic (exact) mass is 353 g/mol. The van der Waals surface area contributed by atoms with Crippen LogP contribution < -0.4 is 5.32 Å². The molecule has 0 aromatic rings. The average molecular weight is 353 g/mol. The van der Waals surface area contributed by atoms with Gasteiger partial charge in [-0.1, -0.05) is 63.1 Å². The lowest BCUT2D eigenvalue weighted by molar-refractivity contribution is -0.122. The molecule has 1 unspecified atom stereocenters. The Labute approximate surface area is 120 Å². The Hall–Kier alpha value is 0.200. The number of rotatable bonds is 8. The Balaban J connectivity index is 3.53. The van der Waals surface area contributed by atoms with Crippen LogP contribution in [0.25, 0.3) is 0 Å². The first kappa shape index (κ1) is 17.2. The zero-order valence-electron chi connectivity index (χ0n) is 11.8. The zero-order valence-corrected chi connectivity index (χ0v) is 14.0. The Kier molecular flexibility index (Phi) is 9.28. The number of hydrogen-bond donors (Lipinski definition) is 1. The summed E-state index contributed by atoms with van der Waals surface area (Å²) >= 11 is 2.41. The highest BCUT2D eigenvalue weighted by molar-refractivity contribution is 14.1.